The topological polar surface area (TPSA) is 40.6 Å². The van der Waals surface area contributed by atoms with E-state index in [4.69, 9.17) is 11.6 Å². The molecule has 0 aromatic heterocycles. The van der Waals surface area contributed by atoms with Crippen molar-refractivity contribution in [2.75, 3.05) is 31.9 Å². The molecule has 4 aliphatic rings. The third kappa shape index (κ3) is 4.78. The second-order valence-corrected chi connectivity index (χ2v) is 13.5. The summed E-state index contributed by atoms with van der Waals surface area (Å²) in [5.41, 5.74) is 4.20. The third-order valence-electron chi connectivity index (χ3n) is 8.80. The van der Waals surface area contributed by atoms with Crippen molar-refractivity contribution in [3.8, 4) is 0 Å². The lowest BCUT2D eigenvalue weighted by atomic mass is 9.85. The molecule has 0 N–H and O–H groups in total. The second-order valence-electron chi connectivity index (χ2n) is 11.1. The lowest BCUT2D eigenvalue weighted by Gasteiger charge is -2.40. The molecule has 0 radical (unpaired) electrons. The Bertz CT molecular complexity index is 1270. The van der Waals surface area contributed by atoms with Crippen molar-refractivity contribution in [2.24, 2.45) is 5.92 Å². The predicted octanol–water partition coefficient (Wildman–Crippen LogP) is 5.52. The van der Waals surface area contributed by atoms with Gasteiger partial charge in [0.1, 0.15) is 5.82 Å². The number of hydrogen-bond donors (Lipinski definition) is 0. The molecule has 0 bridgehead atoms. The predicted molar refractivity (Wildman–Crippen MR) is 143 cm³/mol. The molecular weight excluding hydrogens is 495 g/mol. The van der Waals surface area contributed by atoms with E-state index in [1.165, 1.54) is 28.3 Å². The van der Waals surface area contributed by atoms with E-state index in [9.17, 15) is 8.42 Å². The number of rotatable bonds is 8. The standard InChI is InChI=1S/C29H34ClFN2O2S/c30-24-9-2-7-21(13-24)14-27-25-17-26(28(31)15-22(25)16-29(27)32-10-4-11-32)23-18-33(19-23)36(34,35)12-3-8-20-5-1-6-20/h2-3,7-9,13,15,17,20,23,27,29H,1,4-6,10-12,14,16,18-19H2. The van der Waals surface area contributed by atoms with Crippen molar-refractivity contribution in [3.63, 3.8) is 0 Å². The molecule has 2 atom stereocenters. The van der Waals surface area contributed by atoms with Gasteiger partial charge in [0, 0.05) is 36.0 Å². The van der Waals surface area contributed by atoms with Gasteiger partial charge in [0.15, 0.2) is 0 Å². The van der Waals surface area contributed by atoms with Crippen LogP contribution in [0.3, 0.4) is 0 Å². The minimum atomic E-state index is -3.34. The minimum absolute atomic E-state index is 0.0438. The number of allylic oxidation sites excluding steroid dienone is 1. The highest BCUT2D eigenvalue weighted by atomic mass is 35.5. The van der Waals surface area contributed by atoms with Crippen LogP contribution in [0.1, 0.15) is 59.8 Å². The van der Waals surface area contributed by atoms with Gasteiger partial charge in [-0.2, -0.15) is 0 Å². The number of sulfonamides is 1. The number of nitrogens with zero attached hydrogens (tertiary/aromatic N) is 2. The second kappa shape index (κ2) is 9.86. The van der Waals surface area contributed by atoms with Gasteiger partial charge in [-0.1, -0.05) is 48.4 Å². The molecule has 1 saturated carbocycles. The largest absolute Gasteiger partial charge is 0.299 e. The summed E-state index contributed by atoms with van der Waals surface area (Å²) in [5, 5.41) is 0.740. The summed E-state index contributed by atoms with van der Waals surface area (Å²) in [5.74, 6) is 0.601. The molecule has 2 unspecified atom stereocenters. The summed E-state index contributed by atoms with van der Waals surface area (Å²) >= 11 is 6.27. The Labute approximate surface area is 219 Å². The zero-order valence-electron chi connectivity index (χ0n) is 20.6. The number of benzene rings is 2. The van der Waals surface area contributed by atoms with Gasteiger partial charge >= 0.3 is 0 Å². The summed E-state index contributed by atoms with van der Waals surface area (Å²) in [7, 11) is -3.34. The maximum atomic E-state index is 15.3. The lowest BCUT2D eigenvalue weighted by molar-refractivity contribution is 0.106. The maximum Gasteiger partial charge on any atom is 0.217 e. The van der Waals surface area contributed by atoms with Crippen LogP contribution in [-0.4, -0.2) is 55.6 Å². The molecule has 2 heterocycles. The van der Waals surface area contributed by atoms with Crippen LogP contribution in [0.15, 0.2) is 48.6 Å². The molecule has 2 aliphatic heterocycles. The number of hydrogen-bond acceptors (Lipinski definition) is 3. The van der Waals surface area contributed by atoms with Crippen LogP contribution in [0.25, 0.3) is 0 Å². The fourth-order valence-corrected chi connectivity index (χ4v) is 7.84. The molecule has 2 saturated heterocycles. The van der Waals surface area contributed by atoms with Crippen molar-refractivity contribution >= 4 is 21.6 Å². The highest BCUT2D eigenvalue weighted by Gasteiger charge is 2.41. The molecule has 2 aromatic rings. The van der Waals surface area contributed by atoms with E-state index in [1.54, 1.807) is 12.1 Å². The van der Waals surface area contributed by atoms with Crippen molar-refractivity contribution < 1.29 is 12.8 Å². The summed E-state index contributed by atoms with van der Waals surface area (Å²) in [6.45, 7) is 2.93. The smallest absolute Gasteiger partial charge is 0.217 e. The summed E-state index contributed by atoms with van der Waals surface area (Å²) < 4.78 is 42.3. The maximum absolute atomic E-state index is 15.3. The molecular formula is C29H34ClFN2O2S. The molecule has 0 amide bonds. The molecule has 6 rings (SSSR count). The van der Waals surface area contributed by atoms with Crippen LogP contribution in [0.4, 0.5) is 4.39 Å². The SMILES string of the molecule is O=S(=O)(CC=CC1CCC1)N1CC(c2cc3c(cc2F)CC(N2CCC2)C3Cc2cccc(Cl)c2)C1. The van der Waals surface area contributed by atoms with E-state index >= 15 is 4.39 Å². The minimum Gasteiger partial charge on any atom is -0.299 e. The molecule has 7 heteroatoms. The first-order chi connectivity index (χ1) is 17.4. The normalized spacial score (nSPS) is 25.5. The van der Waals surface area contributed by atoms with Crippen molar-refractivity contribution in [1.29, 1.82) is 0 Å². The summed E-state index contributed by atoms with van der Waals surface area (Å²) in [4.78, 5) is 2.53. The fraction of sp³-hybridized carbons (Fsp3) is 0.517. The first-order valence-electron chi connectivity index (χ1n) is 13.3. The van der Waals surface area contributed by atoms with E-state index in [0.29, 0.717) is 30.6 Å². The van der Waals surface area contributed by atoms with Gasteiger partial charge in [-0.3, -0.25) is 4.90 Å². The van der Waals surface area contributed by atoms with Gasteiger partial charge in [0.05, 0.1) is 5.75 Å². The van der Waals surface area contributed by atoms with Crippen molar-refractivity contribution in [2.45, 2.75) is 56.4 Å². The average molecular weight is 529 g/mol. The Morgan fingerprint density at radius 1 is 1.06 bits per heavy atom. The molecule has 2 aromatic carbocycles. The van der Waals surface area contributed by atoms with Gasteiger partial charge in [-0.15, -0.1) is 0 Å². The van der Waals surface area contributed by atoms with Crippen molar-refractivity contribution in [3.05, 3.63) is 81.6 Å². The number of likely N-dealkylation sites (tertiary alicyclic amines) is 1. The zero-order valence-corrected chi connectivity index (χ0v) is 22.2. The molecule has 2 aliphatic carbocycles. The van der Waals surface area contributed by atoms with E-state index in [-0.39, 0.29) is 23.4 Å². The molecule has 192 valence electrons. The van der Waals surface area contributed by atoms with Gasteiger partial charge in [0.2, 0.25) is 10.0 Å². The molecule has 36 heavy (non-hydrogen) atoms. The summed E-state index contributed by atoms with van der Waals surface area (Å²) in [6, 6.07) is 12.2. The van der Waals surface area contributed by atoms with E-state index in [0.717, 1.165) is 49.4 Å². The van der Waals surface area contributed by atoms with Crippen LogP contribution in [-0.2, 0) is 22.9 Å². The quantitative estimate of drug-likeness (QED) is 0.423. The highest BCUT2D eigenvalue weighted by Crippen LogP contribution is 2.43. The first-order valence-corrected chi connectivity index (χ1v) is 15.3. The monoisotopic (exact) mass is 528 g/mol. The van der Waals surface area contributed by atoms with Crippen molar-refractivity contribution in [1.82, 2.24) is 9.21 Å². The zero-order chi connectivity index (χ0) is 24.9. The Morgan fingerprint density at radius 3 is 2.53 bits per heavy atom. The van der Waals surface area contributed by atoms with Gasteiger partial charge in [-0.05, 0) is 91.6 Å². The van der Waals surface area contributed by atoms with Crippen LogP contribution >= 0.6 is 11.6 Å². The lowest BCUT2D eigenvalue weighted by Crippen LogP contribution is -2.49. The van der Waals surface area contributed by atoms with Gasteiger partial charge < -0.3 is 0 Å². The average Bonchev–Trinajstić information content (AvgIpc) is 3.04. The highest BCUT2D eigenvalue weighted by molar-refractivity contribution is 7.89. The third-order valence-corrected chi connectivity index (χ3v) is 10.7. The number of halogens is 2. The molecule has 4 nitrogen and oxygen atoms in total. The van der Waals surface area contributed by atoms with E-state index < -0.39 is 10.0 Å². The number of fused-ring (bicyclic) bond motifs is 1. The molecule has 3 fully saturated rings. The van der Waals surface area contributed by atoms with Crippen LogP contribution < -0.4 is 0 Å². The van der Waals surface area contributed by atoms with E-state index in [2.05, 4.69) is 17.0 Å². The molecule has 0 spiro atoms. The summed E-state index contributed by atoms with van der Waals surface area (Å²) in [6.07, 6.45) is 10.4. The Morgan fingerprint density at radius 2 is 1.86 bits per heavy atom. The first kappa shape index (κ1) is 24.6. The Hall–Kier alpha value is -1.73. The van der Waals surface area contributed by atoms with Crippen LogP contribution in [0.2, 0.25) is 5.02 Å². The fourth-order valence-electron chi connectivity index (χ4n) is 6.25. The van der Waals surface area contributed by atoms with E-state index in [1.807, 2.05) is 24.3 Å². The van der Waals surface area contributed by atoms with Crippen LogP contribution in [0.5, 0.6) is 0 Å². The van der Waals surface area contributed by atoms with Gasteiger partial charge in [-0.25, -0.2) is 17.1 Å². The Kier molecular flexibility index (Phi) is 6.74. The Balaban J connectivity index is 1.19. The van der Waals surface area contributed by atoms with Gasteiger partial charge in [0.25, 0.3) is 0 Å². The van der Waals surface area contributed by atoms with Crippen LogP contribution in [0, 0.1) is 11.7 Å².